The largest absolute Gasteiger partial charge is 0.389 e. The highest BCUT2D eigenvalue weighted by Crippen LogP contribution is 2.28. The first-order valence-corrected chi connectivity index (χ1v) is 11.0. The number of fused-ring (bicyclic) bond motifs is 1. The molecule has 29 heavy (non-hydrogen) atoms. The Hall–Kier alpha value is -1.67. The molecule has 0 radical (unpaired) electrons. The van der Waals surface area contributed by atoms with Gasteiger partial charge in [0, 0.05) is 56.9 Å². The predicted molar refractivity (Wildman–Crippen MR) is 116 cm³/mol. The van der Waals surface area contributed by atoms with Gasteiger partial charge in [-0.15, -0.1) is 0 Å². The molecule has 2 atom stereocenters. The standard InChI is InChI=1S/C22H35N5O2/c1-15(2)21-12-24-22-20(10-17(16(3)28)13-27(21)22)25-18-4-7-26(8-5-18)14-19-11-23-6-9-29-19/h10,12-13,15-16,18-19,23,25,28H,4-9,11,14H2,1-3H3/t16?,19-/m0/s1. The SMILES string of the molecule is CC(C)c1cnc2c(NC3CCN(C[C@@H]4CNCCO4)CC3)cc(C(C)O)cn12. The van der Waals surface area contributed by atoms with E-state index in [1.807, 2.05) is 19.3 Å². The van der Waals surface area contributed by atoms with Crippen LogP contribution in [0.5, 0.6) is 0 Å². The Labute approximate surface area is 173 Å². The van der Waals surface area contributed by atoms with Gasteiger partial charge in [-0.1, -0.05) is 13.8 Å². The summed E-state index contributed by atoms with van der Waals surface area (Å²) in [5.74, 6) is 0.377. The van der Waals surface area contributed by atoms with Crippen molar-refractivity contribution in [3.05, 3.63) is 29.7 Å². The van der Waals surface area contributed by atoms with Gasteiger partial charge in [0.2, 0.25) is 0 Å². The minimum Gasteiger partial charge on any atom is -0.389 e. The summed E-state index contributed by atoms with van der Waals surface area (Å²) in [6, 6.07) is 2.48. The molecule has 2 fully saturated rings. The number of rotatable bonds is 6. The summed E-state index contributed by atoms with van der Waals surface area (Å²) in [5, 5.41) is 17.3. The van der Waals surface area contributed by atoms with Crippen molar-refractivity contribution in [1.82, 2.24) is 19.6 Å². The number of imidazole rings is 1. The number of aliphatic hydroxyl groups excluding tert-OH is 1. The summed E-state index contributed by atoms with van der Waals surface area (Å²) in [4.78, 5) is 7.20. The average Bonchev–Trinajstić information content (AvgIpc) is 3.15. The van der Waals surface area contributed by atoms with Gasteiger partial charge in [-0.2, -0.15) is 0 Å². The molecule has 0 bridgehead atoms. The smallest absolute Gasteiger partial charge is 0.160 e. The van der Waals surface area contributed by atoms with E-state index in [1.54, 1.807) is 0 Å². The summed E-state index contributed by atoms with van der Waals surface area (Å²) in [6.07, 6.45) is 5.99. The number of aromatic nitrogens is 2. The maximum Gasteiger partial charge on any atom is 0.160 e. The second-order valence-electron chi connectivity index (χ2n) is 8.81. The number of piperidine rings is 1. The monoisotopic (exact) mass is 401 g/mol. The lowest BCUT2D eigenvalue weighted by atomic mass is 10.0. The number of hydrogen-bond donors (Lipinski definition) is 3. The molecule has 0 spiro atoms. The van der Waals surface area contributed by atoms with Gasteiger partial charge in [-0.3, -0.25) is 0 Å². The third-order valence-electron chi connectivity index (χ3n) is 6.14. The number of likely N-dealkylation sites (tertiary alicyclic amines) is 1. The Balaban J connectivity index is 1.44. The van der Waals surface area contributed by atoms with E-state index >= 15 is 0 Å². The first-order valence-electron chi connectivity index (χ1n) is 11.0. The van der Waals surface area contributed by atoms with Crippen LogP contribution in [-0.2, 0) is 4.74 Å². The van der Waals surface area contributed by atoms with Crippen molar-refractivity contribution in [2.24, 2.45) is 0 Å². The minimum atomic E-state index is -0.506. The normalized spacial score (nSPS) is 23.0. The Morgan fingerprint density at radius 3 is 2.76 bits per heavy atom. The van der Waals surface area contributed by atoms with E-state index in [2.05, 4.69) is 44.8 Å². The summed E-state index contributed by atoms with van der Waals surface area (Å²) in [7, 11) is 0. The van der Waals surface area contributed by atoms with Crippen LogP contribution < -0.4 is 10.6 Å². The molecule has 160 valence electrons. The number of morpholine rings is 1. The zero-order chi connectivity index (χ0) is 20.4. The van der Waals surface area contributed by atoms with Crippen LogP contribution >= 0.6 is 0 Å². The maximum atomic E-state index is 10.2. The molecule has 2 aliphatic heterocycles. The maximum absolute atomic E-state index is 10.2. The molecule has 2 aromatic rings. The second kappa shape index (κ2) is 9.00. The molecule has 0 saturated carbocycles. The second-order valence-corrected chi connectivity index (χ2v) is 8.81. The molecule has 2 aromatic heterocycles. The van der Waals surface area contributed by atoms with Gasteiger partial charge in [0.15, 0.2) is 5.65 Å². The van der Waals surface area contributed by atoms with Crippen molar-refractivity contribution >= 4 is 11.3 Å². The van der Waals surface area contributed by atoms with Crippen LogP contribution in [0.25, 0.3) is 5.65 Å². The van der Waals surface area contributed by atoms with Gasteiger partial charge in [0.05, 0.1) is 24.5 Å². The molecule has 0 amide bonds. The van der Waals surface area contributed by atoms with Gasteiger partial charge >= 0.3 is 0 Å². The lowest BCUT2D eigenvalue weighted by molar-refractivity contribution is 0.00179. The summed E-state index contributed by atoms with van der Waals surface area (Å²) < 4.78 is 7.99. The molecule has 3 N–H and O–H groups in total. The van der Waals surface area contributed by atoms with Crippen LogP contribution in [-0.4, -0.2) is 70.9 Å². The van der Waals surface area contributed by atoms with Gasteiger partial charge in [-0.05, 0) is 37.3 Å². The molecule has 4 heterocycles. The van der Waals surface area contributed by atoms with Gasteiger partial charge in [-0.25, -0.2) is 4.98 Å². The number of ether oxygens (including phenoxy) is 1. The zero-order valence-electron chi connectivity index (χ0n) is 17.9. The zero-order valence-corrected chi connectivity index (χ0v) is 17.9. The number of pyridine rings is 1. The van der Waals surface area contributed by atoms with Crippen molar-refractivity contribution < 1.29 is 9.84 Å². The Kier molecular flexibility index (Phi) is 6.39. The molecule has 1 unspecified atom stereocenters. The van der Waals surface area contributed by atoms with Crippen LogP contribution in [0.2, 0.25) is 0 Å². The molecule has 2 saturated heterocycles. The molecular weight excluding hydrogens is 366 g/mol. The summed E-state index contributed by atoms with van der Waals surface area (Å²) in [6.45, 7) is 12.1. The van der Waals surface area contributed by atoms with Crippen LogP contribution in [0.4, 0.5) is 5.69 Å². The highest BCUT2D eigenvalue weighted by molar-refractivity contribution is 5.69. The Morgan fingerprint density at radius 1 is 1.31 bits per heavy atom. The first-order chi connectivity index (χ1) is 14.0. The fraction of sp³-hybridized carbons (Fsp3) is 0.682. The molecule has 0 aliphatic carbocycles. The number of aliphatic hydroxyl groups is 1. The van der Waals surface area contributed by atoms with Crippen molar-refractivity contribution in [2.75, 3.05) is 44.6 Å². The highest BCUT2D eigenvalue weighted by atomic mass is 16.5. The quantitative estimate of drug-likeness (QED) is 0.690. The third-order valence-corrected chi connectivity index (χ3v) is 6.14. The van der Waals surface area contributed by atoms with Gasteiger partial charge in [0.25, 0.3) is 0 Å². The van der Waals surface area contributed by atoms with Crippen LogP contribution in [0.3, 0.4) is 0 Å². The minimum absolute atomic E-state index is 0.315. The molecular formula is C22H35N5O2. The molecule has 4 rings (SSSR count). The lowest BCUT2D eigenvalue weighted by Crippen LogP contribution is -2.48. The van der Waals surface area contributed by atoms with Gasteiger partial charge in [0.1, 0.15) is 0 Å². The number of anilines is 1. The van der Waals surface area contributed by atoms with E-state index < -0.39 is 6.10 Å². The topological polar surface area (TPSA) is 74.1 Å². The van der Waals surface area contributed by atoms with Crippen molar-refractivity contribution in [1.29, 1.82) is 0 Å². The van der Waals surface area contributed by atoms with Crippen molar-refractivity contribution in [3.8, 4) is 0 Å². The van der Waals surface area contributed by atoms with E-state index in [-0.39, 0.29) is 0 Å². The number of hydrogen-bond acceptors (Lipinski definition) is 6. The average molecular weight is 402 g/mol. The van der Waals surface area contributed by atoms with Crippen LogP contribution in [0.15, 0.2) is 18.5 Å². The lowest BCUT2D eigenvalue weighted by Gasteiger charge is -2.36. The fourth-order valence-corrected chi connectivity index (χ4v) is 4.39. The van der Waals surface area contributed by atoms with Crippen molar-refractivity contribution in [3.63, 3.8) is 0 Å². The predicted octanol–water partition coefficient (Wildman–Crippen LogP) is 2.38. The number of nitrogens with one attached hydrogen (secondary N) is 2. The third kappa shape index (κ3) is 4.74. The fourth-order valence-electron chi connectivity index (χ4n) is 4.39. The van der Waals surface area contributed by atoms with Gasteiger partial charge < -0.3 is 29.8 Å². The van der Waals surface area contributed by atoms with E-state index in [9.17, 15) is 5.11 Å². The molecule has 7 heteroatoms. The van der Waals surface area contributed by atoms with Crippen LogP contribution in [0.1, 0.15) is 56.9 Å². The highest BCUT2D eigenvalue weighted by Gasteiger charge is 2.24. The van der Waals surface area contributed by atoms with Crippen LogP contribution in [0, 0.1) is 0 Å². The van der Waals surface area contributed by atoms with E-state index in [0.29, 0.717) is 18.1 Å². The molecule has 0 aromatic carbocycles. The summed E-state index contributed by atoms with van der Waals surface area (Å²) in [5.41, 5.74) is 4.05. The molecule has 2 aliphatic rings. The van der Waals surface area contributed by atoms with E-state index in [1.165, 1.54) is 5.69 Å². The van der Waals surface area contributed by atoms with Crippen molar-refractivity contribution in [2.45, 2.75) is 57.8 Å². The molecule has 7 nitrogen and oxygen atoms in total. The number of nitrogens with zero attached hydrogens (tertiary/aromatic N) is 3. The first kappa shape index (κ1) is 20.6. The Bertz CT molecular complexity index is 805. The summed E-state index contributed by atoms with van der Waals surface area (Å²) >= 11 is 0. The van der Waals surface area contributed by atoms with E-state index in [4.69, 9.17) is 4.74 Å². The Morgan fingerprint density at radius 2 is 2.10 bits per heavy atom. The van der Waals surface area contributed by atoms with E-state index in [0.717, 1.165) is 69.1 Å².